The molecule has 2 amide bonds. The highest BCUT2D eigenvalue weighted by atomic mass is 16.5. The van der Waals surface area contributed by atoms with Gasteiger partial charge in [0, 0.05) is 5.92 Å². The standard InChI is InChI=1S/C27H26N2O5/c1-27(2,25(31)32)29-24(30)23(17-10-4-3-5-11-17)28-26(33)34-16-22-20-14-8-6-12-18(20)19-13-7-9-15-21(19)22/h3-15,22-23H,16H2,1-2H3,(H,28,33)(H,29,30)(H,31,32)/t23-/m0/s1. The number of nitrogens with one attached hydrogen (secondary N) is 2. The van der Waals surface area contributed by atoms with Crippen molar-refractivity contribution in [3.05, 3.63) is 95.6 Å². The molecule has 3 aromatic rings. The number of carboxylic acids is 1. The minimum absolute atomic E-state index is 0.101. The molecule has 3 aromatic carbocycles. The second-order valence-corrected chi connectivity index (χ2v) is 8.73. The summed E-state index contributed by atoms with van der Waals surface area (Å²) in [4.78, 5) is 37.2. The number of ether oxygens (including phenoxy) is 1. The Morgan fingerprint density at radius 1 is 0.882 bits per heavy atom. The van der Waals surface area contributed by atoms with Gasteiger partial charge in [-0.05, 0) is 41.7 Å². The van der Waals surface area contributed by atoms with Crippen LogP contribution in [-0.2, 0) is 14.3 Å². The van der Waals surface area contributed by atoms with Crippen molar-refractivity contribution in [2.75, 3.05) is 6.61 Å². The van der Waals surface area contributed by atoms with Gasteiger partial charge >= 0.3 is 12.1 Å². The number of aliphatic carboxylic acids is 1. The van der Waals surface area contributed by atoms with Crippen molar-refractivity contribution in [2.24, 2.45) is 0 Å². The van der Waals surface area contributed by atoms with Crippen molar-refractivity contribution < 1.29 is 24.2 Å². The molecular formula is C27H26N2O5. The van der Waals surface area contributed by atoms with Crippen LogP contribution in [0.1, 0.15) is 42.5 Å². The molecule has 0 unspecified atom stereocenters. The molecule has 0 saturated carbocycles. The Morgan fingerprint density at radius 2 is 1.41 bits per heavy atom. The summed E-state index contributed by atoms with van der Waals surface area (Å²) in [6.45, 7) is 2.86. The Bertz CT molecular complexity index is 1180. The maximum atomic E-state index is 12.9. The first kappa shape index (κ1) is 23.0. The minimum Gasteiger partial charge on any atom is -0.480 e. The molecule has 0 fully saturated rings. The molecule has 174 valence electrons. The van der Waals surface area contributed by atoms with Crippen molar-refractivity contribution in [2.45, 2.75) is 31.3 Å². The zero-order chi connectivity index (χ0) is 24.3. The number of carbonyl (C=O) groups excluding carboxylic acids is 2. The Hall–Kier alpha value is -4.13. The van der Waals surface area contributed by atoms with E-state index < -0.39 is 29.6 Å². The lowest BCUT2D eigenvalue weighted by atomic mass is 9.98. The second kappa shape index (κ2) is 9.39. The highest BCUT2D eigenvalue weighted by molar-refractivity contribution is 5.91. The van der Waals surface area contributed by atoms with E-state index in [0.29, 0.717) is 5.56 Å². The van der Waals surface area contributed by atoms with E-state index in [2.05, 4.69) is 10.6 Å². The molecule has 4 rings (SSSR count). The van der Waals surface area contributed by atoms with Crippen LogP contribution in [-0.4, -0.2) is 35.2 Å². The maximum absolute atomic E-state index is 12.9. The SMILES string of the molecule is CC(C)(NC(=O)[C@@H](NC(=O)OCC1c2ccccc2-c2ccccc21)c1ccccc1)C(=O)O. The van der Waals surface area contributed by atoms with Crippen molar-refractivity contribution in [3.8, 4) is 11.1 Å². The number of carbonyl (C=O) groups is 3. The monoisotopic (exact) mass is 458 g/mol. The van der Waals surface area contributed by atoms with Crippen LogP contribution in [0.15, 0.2) is 78.9 Å². The molecule has 0 radical (unpaired) electrons. The summed E-state index contributed by atoms with van der Waals surface area (Å²) in [7, 11) is 0. The largest absolute Gasteiger partial charge is 0.480 e. The number of hydrogen-bond donors (Lipinski definition) is 3. The third kappa shape index (κ3) is 4.64. The van der Waals surface area contributed by atoms with Crippen LogP contribution in [0.3, 0.4) is 0 Å². The first-order chi connectivity index (χ1) is 16.3. The third-order valence-electron chi connectivity index (χ3n) is 5.97. The fraction of sp³-hybridized carbons (Fsp3) is 0.222. The van der Waals surface area contributed by atoms with E-state index >= 15 is 0 Å². The lowest BCUT2D eigenvalue weighted by Gasteiger charge is -2.25. The third-order valence-corrected chi connectivity index (χ3v) is 5.97. The Labute approximate surface area is 197 Å². The topological polar surface area (TPSA) is 105 Å². The summed E-state index contributed by atoms with van der Waals surface area (Å²) in [5, 5.41) is 14.4. The molecular weight excluding hydrogens is 432 g/mol. The van der Waals surface area contributed by atoms with Gasteiger partial charge in [-0.2, -0.15) is 0 Å². The Morgan fingerprint density at radius 3 is 1.97 bits per heavy atom. The van der Waals surface area contributed by atoms with Gasteiger partial charge in [0.25, 0.3) is 0 Å². The van der Waals surface area contributed by atoms with Crippen LogP contribution in [0.4, 0.5) is 4.79 Å². The smallest absolute Gasteiger partial charge is 0.408 e. The van der Waals surface area contributed by atoms with Crippen LogP contribution >= 0.6 is 0 Å². The van der Waals surface area contributed by atoms with E-state index in [-0.39, 0.29) is 12.5 Å². The molecule has 1 aliphatic rings. The average molecular weight is 459 g/mol. The average Bonchev–Trinajstić information content (AvgIpc) is 3.15. The Balaban J connectivity index is 1.50. The summed E-state index contributed by atoms with van der Waals surface area (Å²) in [6.07, 6.45) is -0.765. The first-order valence-electron chi connectivity index (χ1n) is 11.0. The fourth-order valence-corrected chi connectivity index (χ4v) is 4.14. The molecule has 0 heterocycles. The molecule has 0 saturated heterocycles. The lowest BCUT2D eigenvalue weighted by Crippen LogP contribution is -2.53. The van der Waals surface area contributed by atoms with Crippen LogP contribution in [0.5, 0.6) is 0 Å². The van der Waals surface area contributed by atoms with Crippen molar-refractivity contribution in [1.29, 1.82) is 0 Å². The maximum Gasteiger partial charge on any atom is 0.408 e. The molecule has 0 spiro atoms. The molecule has 34 heavy (non-hydrogen) atoms. The second-order valence-electron chi connectivity index (χ2n) is 8.73. The first-order valence-corrected chi connectivity index (χ1v) is 11.0. The van der Waals surface area contributed by atoms with Gasteiger partial charge < -0.3 is 20.5 Å². The molecule has 7 nitrogen and oxygen atoms in total. The summed E-state index contributed by atoms with van der Waals surface area (Å²) in [5.74, 6) is -1.95. The number of benzene rings is 3. The molecule has 0 bridgehead atoms. The van der Waals surface area contributed by atoms with Crippen LogP contribution in [0, 0.1) is 0 Å². The fourth-order valence-electron chi connectivity index (χ4n) is 4.14. The lowest BCUT2D eigenvalue weighted by molar-refractivity contribution is -0.146. The van der Waals surface area contributed by atoms with Gasteiger partial charge in [-0.1, -0.05) is 78.9 Å². The summed E-state index contributed by atoms with van der Waals surface area (Å²) < 4.78 is 5.57. The zero-order valence-electron chi connectivity index (χ0n) is 18.9. The van der Waals surface area contributed by atoms with Crippen LogP contribution in [0.25, 0.3) is 11.1 Å². The zero-order valence-corrected chi connectivity index (χ0v) is 18.9. The van der Waals surface area contributed by atoms with E-state index in [1.54, 1.807) is 30.3 Å². The van der Waals surface area contributed by atoms with E-state index in [1.165, 1.54) is 13.8 Å². The number of alkyl carbamates (subject to hydrolysis) is 1. The number of hydrogen-bond acceptors (Lipinski definition) is 4. The molecule has 3 N–H and O–H groups in total. The van der Waals surface area contributed by atoms with E-state index in [1.807, 2.05) is 48.5 Å². The number of rotatable bonds is 7. The van der Waals surface area contributed by atoms with Gasteiger partial charge in [-0.15, -0.1) is 0 Å². The normalized spacial score (nSPS) is 13.4. The van der Waals surface area contributed by atoms with E-state index in [9.17, 15) is 19.5 Å². The predicted molar refractivity (Wildman–Crippen MR) is 127 cm³/mol. The quantitative estimate of drug-likeness (QED) is 0.491. The highest BCUT2D eigenvalue weighted by Gasteiger charge is 2.34. The van der Waals surface area contributed by atoms with Gasteiger partial charge in [0.1, 0.15) is 18.2 Å². The van der Waals surface area contributed by atoms with Gasteiger partial charge in [0.15, 0.2) is 0 Å². The number of carboxylic acid groups (broad SMARTS) is 1. The highest BCUT2D eigenvalue weighted by Crippen LogP contribution is 2.44. The summed E-state index contributed by atoms with van der Waals surface area (Å²) >= 11 is 0. The summed E-state index contributed by atoms with van der Waals surface area (Å²) in [6, 6.07) is 23.5. The van der Waals surface area contributed by atoms with Gasteiger partial charge in [0.2, 0.25) is 5.91 Å². The summed E-state index contributed by atoms with van der Waals surface area (Å²) in [5.41, 5.74) is 3.39. The van der Waals surface area contributed by atoms with Gasteiger partial charge in [-0.3, -0.25) is 4.79 Å². The van der Waals surface area contributed by atoms with Crippen molar-refractivity contribution >= 4 is 18.0 Å². The number of fused-ring (bicyclic) bond motifs is 3. The molecule has 0 aliphatic heterocycles. The predicted octanol–water partition coefficient (Wildman–Crippen LogP) is 4.25. The van der Waals surface area contributed by atoms with Gasteiger partial charge in [-0.25, -0.2) is 9.59 Å². The molecule has 1 atom stereocenters. The van der Waals surface area contributed by atoms with Crippen LogP contribution < -0.4 is 10.6 Å². The molecule has 1 aliphatic carbocycles. The Kier molecular flexibility index (Phi) is 6.36. The molecule has 7 heteroatoms. The van der Waals surface area contributed by atoms with Gasteiger partial charge in [0.05, 0.1) is 0 Å². The van der Waals surface area contributed by atoms with Crippen molar-refractivity contribution in [1.82, 2.24) is 10.6 Å². The molecule has 0 aromatic heterocycles. The minimum atomic E-state index is -1.51. The van der Waals surface area contributed by atoms with Crippen LogP contribution in [0.2, 0.25) is 0 Å². The van der Waals surface area contributed by atoms with E-state index in [0.717, 1.165) is 22.3 Å². The number of amides is 2. The van der Waals surface area contributed by atoms with E-state index in [4.69, 9.17) is 4.74 Å². The van der Waals surface area contributed by atoms with Crippen molar-refractivity contribution in [3.63, 3.8) is 0 Å².